The Kier molecular flexibility index (Phi) is 6.58. The Morgan fingerprint density at radius 3 is 3.00 bits per heavy atom. The Hall–Kier alpha value is 0.270. The van der Waals surface area contributed by atoms with Gasteiger partial charge in [-0.15, -0.1) is 11.6 Å². The van der Waals surface area contributed by atoms with E-state index in [4.69, 9.17) is 28.6 Å². The van der Waals surface area contributed by atoms with Crippen molar-refractivity contribution in [2.45, 2.75) is 0 Å². The summed E-state index contributed by atoms with van der Waals surface area (Å²) in [5.74, 6) is 0. The highest BCUT2D eigenvalue weighted by molar-refractivity contribution is 8.23. The fourth-order valence-corrected chi connectivity index (χ4v) is 1.19. The summed E-state index contributed by atoms with van der Waals surface area (Å²) in [4.78, 5) is 0. The van der Waals surface area contributed by atoms with Gasteiger partial charge in [0.05, 0.1) is 5.21 Å². The molecule has 0 aromatic heterocycles. The lowest BCUT2D eigenvalue weighted by Gasteiger charge is -1.99. The van der Waals surface area contributed by atoms with Crippen molar-refractivity contribution in [2.75, 3.05) is 11.8 Å². The number of thioether (sulfide) groups is 1. The van der Waals surface area contributed by atoms with Gasteiger partial charge < -0.3 is 4.74 Å². The molecule has 0 aliphatic heterocycles. The number of ether oxygens (including phenoxy) is 1. The summed E-state index contributed by atoms with van der Waals surface area (Å²) in [5.41, 5.74) is 0. The molecule has 0 N–H and O–H groups in total. The van der Waals surface area contributed by atoms with Crippen molar-refractivity contribution < 1.29 is 4.74 Å². The Labute approximate surface area is 69.4 Å². The van der Waals surface area contributed by atoms with Gasteiger partial charge in [0.1, 0.15) is 6.61 Å². The number of hydrogen-bond acceptors (Lipinski definition) is 3. The van der Waals surface area contributed by atoms with Crippen LogP contribution in [0.4, 0.5) is 0 Å². The molecule has 0 aliphatic carbocycles. The summed E-state index contributed by atoms with van der Waals surface area (Å²) in [6, 6.07) is 0. The molecular formula is C5H7ClOS2. The van der Waals surface area contributed by atoms with Crippen LogP contribution in [0.25, 0.3) is 0 Å². The van der Waals surface area contributed by atoms with Crippen LogP contribution in [0.5, 0.6) is 0 Å². The van der Waals surface area contributed by atoms with Crippen molar-refractivity contribution in [2.24, 2.45) is 0 Å². The van der Waals surface area contributed by atoms with Gasteiger partial charge in [-0.3, -0.25) is 0 Å². The molecule has 9 heavy (non-hydrogen) atoms. The molecule has 1 nitrogen and oxygen atoms in total. The standard InChI is InChI=1S/C5H7ClOS2/c1-2-3-7-5(8)9-4-6/h2H,1,3-4H2. The number of rotatable bonds is 3. The minimum Gasteiger partial charge on any atom is -0.474 e. The molecule has 0 spiro atoms. The topological polar surface area (TPSA) is 9.23 Å². The lowest BCUT2D eigenvalue weighted by Crippen LogP contribution is -1.95. The predicted octanol–water partition coefficient (Wildman–Crippen LogP) is 2.40. The number of hydrogen-bond donors (Lipinski definition) is 0. The average molecular weight is 183 g/mol. The highest BCUT2D eigenvalue weighted by atomic mass is 35.5. The van der Waals surface area contributed by atoms with Crippen LogP contribution in [0.2, 0.25) is 0 Å². The Morgan fingerprint density at radius 2 is 2.56 bits per heavy atom. The van der Waals surface area contributed by atoms with Crippen LogP contribution in [0.3, 0.4) is 0 Å². The highest BCUT2D eigenvalue weighted by Crippen LogP contribution is 2.06. The van der Waals surface area contributed by atoms with Gasteiger partial charge in [0, 0.05) is 0 Å². The first-order valence-electron chi connectivity index (χ1n) is 2.27. The first-order chi connectivity index (χ1) is 4.31. The van der Waals surface area contributed by atoms with Gasteiger partial charge in [-0.2, -0.15) is 0 Å². The van der Waals surface area contributed by atoms with E-state index in [9.17, 15) is 0 Å². The van der Waals surface area contributed by atoms with Crippen molar-refractivity contribution in [1.29, 1.82) is 0 Å². The third-order valence-electron chi connectivity index (χ3n) is 0.491. The van der Waals surface area contributed by atoms with E-state index in [1.165, 1.54) is 11.8 Å². The summed E-state index contributed by atoms with van der Waals surface area (Å²) < 4.78 is 5.40. The Morgan fingerprint density at radius 1 is 1.89 bits per heavy atom. The van der Waals surface area contributed by atoms with E-state index in [2.05, 4.69) is 6.58 Å². The smallest absolute Gasteiger partial charge is 0.221 e. The molecule has 0 aromatic rings. The van der Waals surface area contributed by atoms with Crippen LogP contribution in [-0.4, -0.2) is 16.2 Å². The summed E-state index contributed by atoms with van der Waals surface area (Å²) in [6.07, 6.45) is 1.64. The second kappa shape index (κ2) is 6.39. The quantitative estimate of drug-likeness (QED) is 0.377. The maximum Gasteiger partial charge on any atom is 0.221 e. The maximum absolute atomic E-state index is 5.34. The minimum absolute atomic E-state index is 0.440. The molecule has 0 amide bonds. The van der Waals surface area contributed by atoms with Gasteiger partial charge in [-0.25, -0.2) is 0 Å². The highest BCUT2D eigenvalue weighted by Gasteiger charge is 1.92. The van der Waals surface area contributed by atoms with E-state index >= 15 is 0 Å². The van der Waals surface area contributed by atoms with E-state index < -0.39 is 0 Å². The largest absolute Gasteiger partial charge is 0.474 e. The second-order valence-corrected chi connectivity index (χ2v) is 3.26. The molecule has 0 atom stereocenters. The van der Waals surface area contributed by atoms with Gasteiger partial charge in [0.25, 0.3) is 0 Å². The zero-order valence-electron chi connectivity index (χ0n) is 4.80. The van der Waals surface area contributed by atoms with E-state index in [0.29, 0.717) is 16.2 Å². The molecule has 0 saturated heterocycles. The van der Waals surface area contributed by atoms with Gasteiger partial charge in [0.15, 0.2) is 0 Å². The molecule has 52 valence electrons. The monoisotopic (exact) mass is 182 g/mol. The van der Waals surface area contributed by atoms with Crippen molar-refractivity contribution in [3.05, 3.63) is 12.7 Å². The summed E-state index contributed by atoms with van der Waals surface area (Å²) in [5, 5.41) is 0.440. The Bertz CT molecular complexity index is 105. The van der Waals surface area contributed by atoms with Crippen LogP contribution in [0.1, 0.15) is 0 Å². The molecule has 0 fully saturated rings. The van der Waals surface area contributed by atoms with Crippen molar-refractivity contribution in [3.8, 4) is 0 Å². The maximum atomic E-state index is 5.34. The fourth-order valence-electron chi connectivity index (χ4n) is 0.213. The lowest BCUT2D eigenvalue weighted by molar-refractivity contribution is 0.371. The molecule has 0 aromatic carbocycles. The van der Waals surface area contributed by atoms with Crippen molar-refractivity contribution in [3.63, 3.8) is 0 Å². The molecule has 0 saturated carbocycles. The summed E-state index contributed by atoms with van der Waals surface area (Å²) in [6.45, 7) is 3.93. The van der Waals surface area contributed by atoms with E-state index in [0.717, 1.165) is 0 Å². The van der Waals surface area contributed by atoms with E-state index in [1.54, 1.807) is 6.08 Å². The third-order valence-corrected chi connectivity index (χ3v) is 1.75. The first-order valence-corrected chi connectivity index (χ1v) is 4.20. The SMILES string of the molecule is C=CCOC(=S)SCCl. The van der Waals surface area contributed by atoms with Gasteiger partial charge in [-0.05, 0) is 12.2 Å². The van der Waals surface area contributed by atoms with Crippen LogP contribution < -0.4 is 0 Å². The normalized spacial score (nSPS) is 8.56. The molecule has 0 rings (SSSR count). The van der Waals surface area contributed by atoms with Crippen LogP contribution in [0, 0.1) is 0 Å². The van der Waals surface area contributed by atoms with E-state index in [-0.39, 0.29) is 0 Å². The lowest BCUT2D eigenvalue weighted by atomic mass is 10.7. The first kappa shape index (κ1) is 9.27. The average Bonchev–Trinajstić information content (AvgIpc) is 1.85. The van der Waals surface area contributed by atoms with Crippen molar-refractivity contribution >= 4 is 40.0 Å². The van der Waals surface area contributed by atoms with Gasteiger partial charge in [0.2, 0.25) is 4.38 Å². The minimum atomic E-state index is 0.440. The van der Waals surface area contributed by atoms with Crippen LogP contribution in [-0.2, 0) is 4.74 Å². The van der Waals surface area contributed by atoms with E-state index in [1.807, 2.05) is 0 Å². The predicted molar refractivity (Wildman–Crippen MR) is 47.1 cm³/mol. The zero-order valence-corrected chi connectivity index (χ0v) is 7.19. The van der Waals surface area contributed by atoms with Gasteiger partial charge in [-0.1, -0.05) is 24.4 Å². The zero-order chi connectivity index (χ0) is 7.11. The molecule has 0 unspecified atom stereocenters. The van der Waals surface area contributed by atoms with Crippen molar-refractivity contribution in [1.82, 2.24) is 0 Å². The molecule has 0 bridgehead atoms. The molecule has 0 aliphatic rings. The fraction of sp³-hybridized carbons (Fsp3) is 0.400. The molecular weight excluding hydrogens is 176 g/mol. The van der Waals surface area contributed by atoms with Gasteiger partial charge >= 0.3 is 0 Å². The third kappa shape index (κ3) is 6.15. The van der Waals surface area contributed by atoms with Crippen LogP contribution in [0.15, 0.2) is 12.7 Å². The molecule has 4 heteroatoms. The second-order valence-electron chi connectivity index (χ2n) is 1.10. The molecule has 0 radical (unpaired) electrons. The number of thiocarbonyl (C=S) groups is 1. The van der Waals surface area contributed by atoms with Crippen LogP contribution >= 0.6 is 35.6 Å². The summed E-state index contributed by atoms with van der Waals surface area (Å²) in [7, 11) is 0. The number of alkyl halides is 1. The number of halogens is 1. The molecule has 0 heterocycles. The Balaban J connectivity index is 3.16. The summed E-state index contributed by atoms with van der Waals surface area (Å²) >= 11 is 11.4.